The van der Waals surface area contributed by atoms with Crippen molar-refractivity contribution in [1.82, 2.24) is 9.88 Å². The predicted molar refractivity (Wildman–Crippen MR) is 78.4 cm³/mol. The number of nitrogens with zero attached hydrogens (tertiary/aromatic N) is 1. The quantitative estimate of drug-likeness (QED) is 0.728. The van der Waals surface area contributed by atoms with Gasteiger partial charge in [0, 0.05) is 29.7 Å². The molecule has 0 saturated carbocycles. The zero-order chi connectivity index (χ0) is 13.9. The third kappa shape index (κ3) is 1.53. The van der Waals surface area contributed by atoms with Crippen LogP contribution in [0, 0.1) is 0 Å². The fraction of sp³-hybridized carbons (Fsp3) is 0.375. The summed E-state index contributed by atoms with van der Waals surface area (Å²) in [5.41, 5.74) is 3.63. The van der Waals surface area contributed by atoms with E-state index in [0.717, 1.165) is 17.5 Å². The molecule has 4 heteroatoms. The second-order valence-electron chi connectivity index (χ2n) is 6.04. The lowest BCUT2D eigenvalue weighted by Crippen LogP contribution is -2.52. The number of benzene rings is 1. The van der Waals surface area contributed by atoms with Crippen LogP contribution in [-0.4, -0.2) is 51.9 Å². The molecule has 2 aliphatic rings. The van der Waals surface area contributed by atoms with E-state index in [4.69, 9.17) is 0 Å². The molecule has 0 amide bonds. The van der Waals surface area contributed by atoms with E-state index in [-0.39, 0.29) is 12.6 Å². The zero-order valence-corrected chi connectivity index (χ0v) is 11.4. The molecule has 2 aromatic rings. The summed E-state index contributed by atoms with van der Waals surface area (Å²) >= 11 is 0. The highest BCUT2D eigenvalue weighted by Gasteiger charge is 2.39. The molecule has 1 aliphatic heterocycles. The van der Waals surface area contributed by atoms with Gasteiger partial charge in [-0.05, 0) is 42.3 Å². The van der Waals surface area contributed by atoms with Gasteiger partial charge in [-0.3, -0.25) is 4.90 Å². The molecule has 0 bridgehead atoms. The maximum Gasteiger partial charge on any atom is 0.119 e. The first-order valence-electron chi connectivity index (χ1n) is 6.97. The summed E-state index contributed by atoms with van der Waals surface area (Å²) in [6.07, 6.45) is 4.90. The van der Waals surface area contributed by atoms with Gasteiger partial charge < -0.3 is 15.2 Å². The van der Waals surface area contributed by atoms with Crippen molar-refractivity contribution in [2.45, 2.75) is 18.1 Å². The molecular formula is C16H18N2O2. The Balaban J connectivity index is 1.99. The standard InChI is InChI=1S/C16H18N2O2/c1-18-8-16(20,9-19)6-12-11-3-2-4-13-15(11)10(7-17-13)5-14(12)18/h2-4,6-7,14,17,19-20H,5,8-9H2,1H3. The molecule has 2 atom stereocenters. The Morgan fingerprint density at radius 1 is 1.45 bits per heavy atom. The van der Waals surface area contributed by atoms with E-state index in [2.05, 4.69) is 28.2 Å². The molecule has 1 aliphatic carbocycles. The lowest BCUT2D eigenvalue weighted by Gasteiger charge is -2.42. The van der Waals surface area contributed by atoms with Crippen LogP contribution in [0.25, 0.3) is 16.5 Å². The molecule has 0 fully saturated rings. The number of aromatic amines is 1. The van der Waals surface area contributed by atoms with Crippen molar-refractivity contribution in [2.75, 3.05) is 20.2 Å². The number of β-amino-alcohol motifs (C(OH)–C–C–N with tert-alkyl or cyclic N) is 1. The van der Waals surface area contributed by atoms with Crippen molar-refractivity contribution in [3.8, 4) is 0 Å². The van der Waals surface area contributed by atoms with Gasteiger partial charge in [0.05, 0.1) is 6.61 Å². The van der Waals surface area contributed by atoms with E-state index >= 15 is 0 Å². The first-order valence-corrected chi connectivity index (χ1v) is 6.97. The van der Waals surface area contributed by atoms with Crippen molar-refractivity contribution in [2.24, 2.45) is 0 Å². The molecule has 4 nitrogen and oxygen atoms in total. The van der Waals surface area contributed by atoms with Gasteiger partial charge >= 0.3 is 0 Å². The number of hydrogen-bond acceptors (Lipinski definition) is 3. The van der Waals surface area contributed by atoms with E-state index in [1.165, 1.54) is 16.5 Å². The molecule has 2 unspecified atom stereocenters. The van der Waals surface area contributed by atoms with Gasteiger partial charge in [-0.15, -0.1) is 0 Å². The zero-order valence-electron chi connectivity index (χ0n) is 11.4. The van der Waals surface area contributed by atoms with Gasteiger partial charge in [-0.2, -0.15) is 0 Å². The maximum atomic E-state index is 10.5. The number of fused-ring (bicyclic) bond motifs is 2. The normalized spacial score (nSPS) is 29.4. The molecule has 1 aromatic heterocycles. The Kier molecular flexibility index (Phi) is 2.40. The minimum absolute atomic E-state index is 0.246. The molecular weight excluding hydrogens is 252 g/mol. The van der Waals surface area contributed by atoms with E-state index in [1.54, 1.807) is 0 Å². The minimum Gasteiger partial charge on any atom is -0.393 e. The molecule has 0 saturated heterocycles. The number of aromatic nitrogens is 1. The molecule has 2 heterocycles. The number of hydrogen-bond donors (Lipinski definition) is 3. The van der Waals surface area contributed by atoms with Crippen molar-refractivity contribution in [3.05, 3.63) is 41.6 Å². The van der Waals surface area contributed by atoms with E-state index < -0.39 is 5.60 Å². The third-order valence-electron chi connectivity index (χ3n) is 4.62. The second-order valence-corrected chi connectivity index (χ2v) is 6.04. The van der Waals surface area contributed by atoms with Gasteiger partial charge in [0.25, 0.3) is 0 Å². The Morgan fingerprint density at radius 3 is 3.10 bits per heavy atom. The molecule has 0 spiro atoms. The summed E-state index contributed by atoms with van der Waals surface area (Å²) in [6, 6.07) is 6.49. The fourth-order valence-corrected chi connectivity index (χ4v) is 3.69. The number of likely N-dealkylation sites (N-methyl/N-ethyl adjacent to an activating group) is 1. The molecule has 20 heavy (non-hydrogen) atoms. The summed E-state index contributed by atoms with van der Waals surface area (Å²) < 4.78 is 0. The smallest absolute Gasteiger partial charge is 0.119 e. The van der Waals surface area contributed by atoms with Crippen molar-refractivity contribution in [3.63, 3.8) is 0 Å². The average molecular weight is 270 g/mol. The number of H-pyrrole nitrogens is 1. The monoisotopic (exact) mass is 270 g/mol. The van der Waals surface area contributed by atoms with Crippen LogP contribution in [0.3, 0.4) is 0 Å². The SMILES string of the molecule is CN1CC(O)(CO)C=C2c3cccc4[nH]cc(c34)CC21. The summed E-state index contributed by atoms with van der Waals surface area (Å²) in [6.45, 7) is 0.219. The van der Waals surface area contributed by atoms with Crippen LogP contribution in [0.5, 0.6) is 0 Å². The summed E-state index contributed by atoms with van der Waals surface area (Å²) in [5.74, 6) is 0. The van der Waals surface area contributed by atoms with E-state index in [9.17, 15) is 10.2 Å². The molecule has 0 radical (unpaired) electrons. The highest BCUT2D eigenvalue weighted by Crippen LogP contribution is 2.41. The number of aliphatic hydroxyl groups excluding tert-OH is 1. The molecule has 1 aromatic carbocycles. The lowest BCUT2D eigenvalue weighted by molar-refractivity contribution is -0.00780. The van der Waals surface area contributed by atoms with Gasteiger partial charge in [-0.25, -0.2) is 0 Å². The van der Waals surface area contributed by atoms with Gasteiger partial charge in [-0.1, -0.05) is 12.1 Å². The van der Waals surface area contributed by atoms with E-state index in [1.807, 2.05) is 19.2 Å². The minimum atomic E-state index is -1.14. The highest BCUT2D eigenvalue weighted by atomic mass is 16.3. The average Bonchev–Trinajstić information content (AvgIpc) is 2.85. The first kappa shape index (κ1) is 12.1. The Bertz CT molecular complexity index is 718. The summed E-state index contributed by atoms with van der Waals surface area (Å²) in [4.78, 5) is 5.46. The number of nitrogens with one attached hydrogen (secondary N) is 1. The maximum absolute atomic E-state index is 10.5. The molecule has 3 N–H and O–H groups in total. The molecule has 104 valence electrons. The van der Waals surface area contributed by atoms with Gasteiger partial charge in [0.15, 0.2) is 0 Å². The van der Waals surface area contributed by atoms with Crippen LogP contribution >= 0.6 is 0 Å². The van der Waals surface area contributed by atoms with Crippen LogP contribution in [0.4, 0.5) is 0 Å². The van der Waals surface area contributed by atoms with Crippen LogP contribution in [0.1, 0.15) is 11.1 Å². The molecule has 4 rings (SSSR count). The summed E-state index contributed by atoms with van der Waals surface area (Å²) in [5, 5.41) is 21.2. The number of rotatable bonds is 1. The van der Waals surface area contributed by atoms with Crippen LogP contribution < -0.4 is 0 Å². The van der Waals surface area contributed by atoms with Gasteiger partial charge in [0.2, 0.25) is 0 Å². The van der Waals surface area contributed by atoms with Crippen molar-refractivity contribution in [1.29, 1.82) is 0 Å². The fourth-order valence-electron chi connectivity index (χ4n) is 3.69. The largest absolute Gasteiger partial charge is 0.393 e. The Labute approximate surface area is 117 Å². The van der Waals surface area contributed by atoms with Crippen molar-refractivity contribution >= 4 is 16.5 Å². The first-order chi connectivity index (χ1) is 9.61. The second kappa shape index (κ2) is 3.95. The Morgan fingerprint density at radius 2 is 2.30 bits per heavy atom. The van der Waals surface area contributed by atoms with Crippen LogP contribution in [0.15, 0.2) is 30.5 Å². The third-order valence-corrected chi connectivity index (χ3v) is 4.62. The van der Waals surface area contributed by atoms with Gasteiger partial charge in [0.1, 0.15) is 5.60 Å². The topological polar surface area (TPSA) is 59.5 Å². The predicted octanol–water partition coefficient (Wildman–Crippen LogP) is 1.14. The lowest BCUT2D eigenvalue weighted by atomic mass is 9.79. The van der Waals surface area contributed by atoms with E-state index in [0.29, 0.717) is 6.54 Å². The Hall–Kier alpha value is -1.62. The number of aliphatic hydroxyl groups is 2. The van der Waals surface area contributed by atoms with Crippen molar-refractivity contribution < 1.29 is 10.2 Å². The summed E-state index contributed by atoms with van der Waals surface area (Å²) in [7, 11) is 2.01. The van der Waals surface area contributed by atoms with Crippen LogP contribution in [0.2, 0.25) is 0 Å². The highest BCUT2D eigenvalue weighted by molar-refractivity contribution is 5.98. The van der Waals surface area contributed by atoms with Crippen LogP contribution in [-0.2, 0) is 6.42 Å².